The number of hydrogen-bond acceptors (Lipinski definition) is 7. The molecule has 0 aliphatic heterocycles. The molecule has 1 aliphatic rings. The van der Waals surface area contributed by atoms with Crippen LogP contribution in [0.15, 0.2) is 0 Å². The average Bonchev–Trinajstić information content (AvgIpc) is 2.37. The lowest BCUT2D eigenvalue weighted by Crippen LogP contribution is -2.29. The van der Waals surface area contributed by atoms with Crippen LogP contribution < -0.4 is 11.1 Å². The standard InChI is InChI=1S/C12H19N5O2S/c1-7-10(17(18)19)11(16-12(13)14-7)15-8-4-3-5-9(6-8)20-2/h8-9H,3-6H2,1-2H3,(H3,13,14,15,16). The van der Waals surface area contributed by atoms with Crippen molar-refractivity contribution >= 4 is 29.2 Å². The Morgan fingerprint density at radius 1 is 1.45 bits per heavy atom. The van der Waals surface area contributed by atoms with Gasteiger partial charge >= 0.3 is 5.69 Å². The van der Waals surface area contributed by atoms with Gasteiger partial charge in [-0.3, -0.25) is 10.1 Å². The zero-order valence-corrected chi connectivity index (χ0v) is 12.4. The van der Waals surface area contributed by atoms with Crippen LogP contribution in [-0.2, 0) is 0 Å². The van der Waals surface area contributed by atoms with E-state index in [2.05, 4.69) is 21.5 Å². The summed E-state index contributed by atoms with van der Waals surface area (Å²) in [6, 6.07) is 0.202. The molecule has 0 radical (unpaired) electrons. The number of nitrogens with zero attached hydrogens (tertiary/aromatic N) is 3. The first kappa shape index (κ1) is 14.8. The van der Waals surface area contributed by atoms with Crippen LogP contribution in [0.2, 0.25) is 0 Å². The Labute approximate surface area is 121 Å². The molecule has 1 aliphatic carbocycles. The molecule has 7 nitrogen and oxygen atoms in total. The predicted octanol–water partition coefficient (Wildman–Crippen LogP) is 2.36. The fraction of sp³-hybridized carbons (Fsp3) is 0.667. The van der Waals surface area contributed by atoms with Gasteiger partial charge in [0.05, 0.1) is 4.92 Å². The average molecular weight is 297 g/mol. The SMILES string of the molecule is CSC1CCCC(Nc2nc(N)nc(C)c2[N+](=O)[O-])C1. The number of anilines is 2. The molecule has 0 spiro atoms. The summed E-state index contributed by atoms with van der Waals surface area (Å²) in [7, 11) is 0. The number of nitrogen functional groups attached to an aromatic ring is 1. The smallest absolute Gasteiger partial charge is 0.332 e. The lowest BCUT2D eigenvalue weighted by Gasteiger charge is -2.28. The zero-order chi connectivity index (χ0) is 14.7. The summed E-state index contributed by atoms with van der Waals surface area (Å²) in [5, 5.41) is 14.9. The fourth-order valence-electron chi connectivity index (χ4n) is 2.59. The van der Waals surface area contributed by atoms with Crippen LogP contribution in [-0.4, -0.2) is 32.4 Å². The van der Waals surface area contributed by atoms with Crippen molar-refractivity contribution in [2.75, 3.05) is 17.3 Å². The highest BCUT2D eigenvalue weighted by Crippen LogP contribution is 2.32. The van der Waals surface area contributed by atoms with Crippen molar-refractivity contribution in [3.8, 4) is 0 Å². The topological polar surface area (TPSA) is 107 Å². The van der Waals surface area contributed by atoms with Crippen molar-refractivity contribution in [3.63, 3.8) is 0 Å². The lowest BCUT2D eigenvalue weighted by atomic mass is 9.95. The van der Waals surface area contributed by atoms with Crippen LogP contribution in [0.3, 0.4) is 0 Å². The van der Waals surface area contributed by atoms with E-state index in [1.807, 2.05) is 11.8 Å². The first-order valence-electron chi connectivity index (χ1n) is 6.59. The molecule has 0 aromatic carbocycles. The molecule has 0 saturated heterocycles. The normalized spacial score (nSPS) is 22.5. The largest absolute Gasteiger partial charge is 0.368 e. The molecule has 1 aromatic heterocycles. The molecule has 2 atom stereocenters. The number of aromatic nitrogens is 2. The van der Waals surface area contributed by atoms with Crippen molar-refractivity contribution < 1.29 is 4.92 Å². The zero-order valence-electron chi connectivity index (χ0n) is 11.6. The number of aryl methyl sites for hydroxylation is 1. The molecule has 8 heteroatoms. The van der Waals surface area contributed by atoms with E-state index in [-0.39, 0.29) is 23.5 Å². The third kappa shape index (κ3) is 3.30. The van der Waals surface area contributed by atoms with E-state index in [4.69, 9.17) is 5.73 Å². The molecule has 1 fully saturated rings. The summed E-state index contributed by atoms with van der Waals surface area (Å²) in [4.78, 5) is 18.6. The van der Waals surface area contributed by atoms with Gasteiger partial charge in [0.1, 0.15) is 5.69 Å². The second-order valence-electron chi connectivity index (χ2n) is 4.99. The van der Waals surface area contributed by atoms with Crippen LogP contribution in [0, 0.1) is 17.0 Å². The summed E-state index contributed by atoms with van der Waals surface area (Å²) < 4.78 is 0. The van der Waals surface area contributed by atoms with E-state index in [1.54, 1.807) is 6.92 Å². The van der Waals surface area contributed by atoms with Crippen LogP contribution in [0.4, 0.5) is 17.5 Å². The molecule has 1 saturated carbocycles. The summed E-state index contributed by atoms with van der Waals surface area (Å²) in [6.07, 6.45) is 6.41. The first-order chi connectivity index (χ1) is 9.51. The van der Waals surface area contributed by atoms with Gasteiger partial charge in [0, 0.05) is 11.3 Å². The number of rotatable bonds is 4. The van der Waals surface area contributed by atoms with E-state index in [0.717, 1.165) is 19.3 Å². The highest BCUT2D eigenvalue weighted by atomic mass is 32.2. The van der Waals surface area contributed by atoms with E-state index in [1.165, 1.54) is 6.42 Å². The Bertz CT molecular complexity index is 511. The van der Waals surface area contributed by atoms with Crippen molar-refractivity contribution in [3.05, 3.63) is 15.8 Å². The number of nitrogens with two attached hydrogens (primary N) is 1. The van der Waals surface area contributed by atoms with Gasteiger partial charge < -0.3 is 11.1 Å². The van der Waals surface area contributed by atoms with E-state index >= 15 is 0 Å². The van der Waals surface area contributed by atoms with Crippen LogP contribution in [0.25, 0.3) is 0 Å². The second-order valence-corrected chi connectivity index (χ2v) is 6.13. The van der Waals surface area contributed by atoms with E-state index in [0.29, 0.717) is 10.9 Å². The van der Waals surface area contributed by atoms with Crippen LogP contribution in [0.1, 0.15) is 31.4 Å². The highest BCUT2D eigenvalue weighted by molar-refractivity contribution is 7.99. The molecule has 3 N–H and O–H groups in total. The summed E-state index contributed by atoms with van der Waals surface area (Å²) in [5.41, 5.74) is 5.81. The molecule has 110 valence electrons. The molecule has 0 bridgehead atoms. The van der Waals surface area contributed by atoms with Gasteiger partial charge in [0.25, 0.3) is 0 Å². The van der Waals surface area contributed by atoms with Gasteiger partial charge in [-0.05, 0) is 32.4 Å². The maximum atomic E-state index is 11.2. The number of hydrogen-bond donors (Lipinski definition) is 2. The first-order valence-corrected chi connectivity index (χ1v) is 7.88. The number of nitro groups is 1. The van der Waals surface area contributed by atoms with Gasteiger partial charge in [-0.1, -0.05) is 6.42 Å². The second kappa shape index (κ2) is 6.25. The van der Waals surface area contributed by atoms with Gasteiger partial charge in [-0.2, -0.15) is 16.7 Å². The molecule has 1 aromatic rings. The molecule has 1 heterocycles. The Morgan fingerprint density at radius 2 is 2.20 bits per heavy atom. The quantitative estimate of drug-likeness (QED) is 0.648. The minimum atomic E-state index is -0.452. The predicted molar refractivity (Wildman–Crippen MR) is 81.0 cm³/mol. The Kier molecular flexibility index (Phi) is 4.64. The van der Waals surface area contributed by atoms with Gasteiger partial charge in [-0.15, -0.1) is 0 Å². The van der Waals surface area contributed by atoms with Gasteiger partial charge in [0.15, 0.2) is 0 Å². The Morgan fingerprint density at radius 3 is 2.85 bits per heavy atom. The highest BCUT2D eigenvalue weighted by Gasteiger charge is 2.26. The lowest BCUT2D eigenvalue weighted by molar-refractivity contribution is -0.385. The Hall–Kier alpha value is -1.57. The van der Waals surface area contributed by atoms with Crippen molar-refractivity contribution in [1.29, 1.82) is 0 Å². The Balaban J connectivity index is 2.22. The number of nitrogens with one attached hydrogen (secondary N) is 1. The third-order valence-electron chi connectivity index (χ3n) is 3.56. The molecular formula is C12H19N5O2S. The third-order valence-corrected chi connectivity index (χ3v) is 4.65. The van der Waals surface area contributed by atoms with Crippen LogP contribution in [0.5, 0.6) is 0 Å². The molecule has 20 heavy (non-hydrogen) atoms. The van der Waals surface area contributed by atoms with Gasteiger partial charge in [-0.25, -0.2) is 4.98 Å². The minimum absolute atomic E-state index is 0.0628. The van der Waals surface area contributed by atoms with Crippen molar-refractivity contribution in [1.82, 2.24) is 9.97 Å². The van der Waals surface area contributed by atoms with Crippen molar-refractivity contribution in [2.45, 2.75) is 43.9 Å². The minimum Gasteiger partial charge on any atom is -0.368 e. The van der Waals surface area contributed by atoms with Crippen molar-refractivity contribution in [2.24, 2.45) is 0 Å². The monoisotopic (exact) mass is 297 g/mol. The molecule has 2 rings (SSSR count). The maximum Gasteiger partial charge on any atom is 0.332 e. The van der Waals surface area contributed by atoms with Crippen LogP contribution >= 0.6 is 11.8 Å². The fourth-order valence-corrected chi connectivity index (χ4v) is 3.42. The summed E-state index contributed by atoms with van der Waals surface area (Å²) in [5.74, 6) is 0.305. The van der Waals surface area contributed by atoms with E-state index < -0.39 is 4.92 Å². The summed E-state index contributed by atoms with van der Waals surface area (Å²) >= 11 is 1.85. The maximum absolute atomic E-state index is 11.2. The number of thioether (sulfide) groups is 1. The molecule has 0 amide bonds. The molecular weight excluding hydrogens is 278 g/mol. The van der Waals surface area contributed by atoms with E-state index in [9.17, 15) is 10.1 Å². The molecule has 2 unspecified atom stereocenters. The summed E-state index contributed by atoms with van der Waals surface area (Å²) in [6.45, 7) is 1.58. The van der Waals surface area contributed by atoms with Gasteiger partial charge in [0.2, 0.25) is 11.8 Å².